The van der Waals surface area contributed by atoms with Crippen molar-refractivity contribution in [2.45, 2.75) is 19.5 Å². The van der Waals surface area contributed by atoms with E-state index in [0.29, 0.717) is 0 Å². The second kappa shape index (κ2) is 7.34. The first-order valence-corrected chi connectivity index (χ1v) is 8.77. The van der Waals surface area contributed by atoms with Crippen molar-refractivity contribution in [1.29, 1.82) is 0 Å². The van der Waals surface area contributed by atoms with Crippen molar-refractivity contribution < 1.29 is 0 Å². The van der Waals surface area contributed by atoms with Gasteiger partial charge in [0.05, 0.1) is 11.4 Å². The van der Waals surface area contributed by atoms with Crippen LogP contribution >= 0.6 is 0 Å². The Labute approximate surface area is 148 Å². The van der Waals surface area contributed by atoms with Crippen molar-refractivity contribution in [3.8, 4) is 0 Å². The number of para-hydroxylation sites is 2. The predicted octanol–water partition coefficient (Wildman–Crippen LogP) is 3.89. The summed E-state index contributed by atoms with van der Waals surface area (Å²) in [4.78, 5) is 13.4. The van der Waals surface area contributed by atoms with Gasteiger partial charge in [-0.2, -0.15) is 0 Å². The molecule has 1 aliphatic rings. The molecule has 0 radical (unpaired) electrons. The summed E-state index contributed by atoms with van der Waals surface area (Å²) < 4.78 is 0. The molecule has 0 unspecified atom stereocenters. The van der Waals surface area contributed by atoms with Crippen LogP contribution in [-0.4, -0.2) is 23.1 Å². The van der Waals surface area contributed by atoms with Gasteiger partial charge in [-0.05, 0) is 41.8 Å². The molecule has 1 aliphatic heterocycles. The van der Waals surface area contributed by atoms with Gasteiger partial charge in [0, 0.05) is 51.0 Å². The maximum absolute atomic E-state index is 4.26. The van der Waals surface area contributed by atoms with Crippen LogP contribution in [0.25, 0.3) is 0 Å². The van der Waals surface area contributed by atoms with Gasteiger partial charge in [-0.25, -0.2) is 0 Å². The van der Waals surface area contributed by atoms with Crippen molar-refractivity contribution in [2.24, 2.45) is 0 Å². The Bertz CT molecular complexity index is 736. The molecule has 25 heavy (non-hydrogen) atoms. The number of anilines is 2. The van der Waals surface area contributed by atoms with Gasteiger partial charge < -0.3 is 9.80 Å². The van der Waals surface area contributed by atoms with Gasteiger partial charge in [0.15, 0.2) is 0 Å². The highest BCUT2D eigenvalue weighted by atomic mass is 15.2. The number of nitrogens with zero attached hydrogens (tertiary/aromatic N) is 4. The average molecular weight is 330 g/mol. The highest BCUT2D eigenvalue weighted by Crippen LogP contribution is 2.33. The van der Waals surface area contributed by atoms with Crippen molar-refractivity contribution >= 4 is 11.4 Å². The minimum absolute atomic E-state index is 0.894. The van der Waals surface area contributed by atoms with E-state index < -0.39 is 0 Å². The zero-order valence-electron chi connectivity index (χ0n) is 14.3. The first-order chi connectivity index (χ1) is 12.4. The zero-order valence-corrected chi connectivity index (χ0v) is 14.3. The molecule has 0 saturated heterocycles. The Morgan fingerprint density at radius 1 is 0.680 bits per heavy atom. The van der Waals surface area contributed by atoms with Gasteiger partial charge in [0.1, 0.15) is 0 Å². The number of fused-ring (bicyclic) bond motifs is 1. The molecule has 0 amide bonds. The quantitative estimate of drug-likeness (QED) is 0.726. The maximum atomic E-state index is 4.26. The number of rotatable bonds is 4. The number of hydrogen-bond donors (Lipinski definition) is 0. The van der Waals surface area contributed by atoms with E-state index >= 15 is 0 Å². The monoisotopic (exact) mass is 330 g/mol. The average Bonchev–Trinajstić information content (AvgIpc) is 2.84. The first kappa shape index (κ1) is 15.6. The van der Waals surface area contributed by atoms with E-state index in [2.05, 4.69) is 56.2 Å². The summed E-state index contributed by atoms with van der Waals surface area (Å²) in [5.41, 5.74) is 5.09. The second-order valence-corrected chi connectivity index (χ2v) is 6.41. The smallest absolute Gasteiger partial charge is 0.0607 e. The van der Waals surface area contributed by atoms with Gasteiger partial charge in [-0.15, -0.1) is 0 Å². The normalized spacial score (nSPS) is 14.1. The molecule has 4 nitrogen and oxygen atoms in total. The fraction of sp³-hybridized carbons (Fsp3) is 0.238. The van der Waals surface area contributed by atoms with E-state index in [4.69, 9.17) is 0 Å². The Kier molecular flexibility index (Phi) is 4.59. The third kappa shape index (κ3) is 3.63. The molecule has 3 aromatic rings. The second-order valence-electron chi connectivity index (χ2n) is 6.41. The van der Waals surface area contributed by atoms with Crippen LogP contribution in [0.4, 0.5) is 11.4 Å². The summed E-state index contributed by atoms with van der Waals surface area (Å²) in [6, 6.07) is 17.0. The molecule has 2 aromatic heterocycles. The Morgan fingerprint density at radius 3 is 1.64 bits per heavy atom. The van der Waals surface area contributed by atoms with Crippen molar-refractivity contribution in [3.63, 3.8) is 0 Å². The van der Waals surface area contributed by atoms with Crippen molar-refractivity contribution in [3.05, 3.63) is 84.4 Å². The Morgan fingerprint density at radius 2 is 1.20 bits per heavy atom. The number of pyridine rings is 2. The molecule has 4 heteroatoms. The SMILES string of the molecule is c1cncc(CN2CCCN(Cc3cccnc3)c3ccccc32)c1. The molecule has 4 rings (SSSR count). The summed E-state index contributed by atoms with van der Waals surface area (Å²) in [7, 11) is 0. The van der Waals surface area contributed by atoms with Gasteiger partial charge in [0.25, 0.3) is 0 Å². The third-order valence-electron chi connectivity index (χ3n) is 4.61. The summed E-state index contributed by atoms with van der Waals surface area (Å²) in [5.74, 6) is 0. The molecule has 126 valence electrons. The largest absolute Gasteiger partial charge is 0.365 e. The van der Waals surface area contributed by atoms with E-state index in [1.165, 1.54) is 22.5 Å². The molecule has 0 fully saturated rings. The molecule has 0 aliphatic carbocycles. The molecular weight excluding hydrogens is 308 g/mol. The highest BCUT2D eigenvalue weighted by Gasteiger charge is 2.20. The lowest BCUT2D eigenvalue weighted by atomic mass is 10.2. The predicted molar refractivity (Wildman–Crippen MR) is 102 cm³/mol. The lowest BCUT2D eigenvalue weighted by Gasteiger charge is -2.27. The van der Waals surface area contributed by atoms with Crippen LogP contribution in [0.2, 0.25) is 0 Å². The summed E-state index contributed by atoms with van der Waals surface area (Å²) >= 11 is 0. The zero-order chi connectivity index (χ0) is 16.9. The van der Waals surface area contributed by atoms with Crippen LogP contribution in [0, 0.1) is 0 Å². The van der Waals surface area contributed by atoms with E-state index in [1.807, 2.05) is 36.9 Å². The van der Waals surface area contributed by atoms with E-state index in [9.17, 15) is 0 Å². The van der Waals surface area contributed by atoms with Crippen molar-refractivity contribution in [1.82, 2.24) is 9.97 Å². The van der Waals surface area contributed by atoms with Crippen LogP contribution < -0.4 is 9.80 Å². The van der Waals surface area contributed by atoms with Gasteiger partial charge in [-0.3, -0.25) is 9.97 Å². The topological polar surface area (TPSA) is 32.3 Å². The van der Waals surface area contributed by atoms with E-state index in [0.717, 1.165) is 32.6 Å². The van der Waals surface area contributed by atoms with Crippen LogP contribution in [0.15, 0.2) is 73.3 Å². The number of benzene rings is 1. The minimum Gasteiger partial charge on any atom is -0.365 e. The molecule has 1 aromatic carbocycles. The number of hydrogen-bond acceptors (Lipinski definition) is 4. The third-order valence-corrected chi connectivity index (χ3v) is 4.61. The number of aromatic nitrogens is 2. The lowest BCUT2D eigenvalue weighted by molar-refractivity contribution is 0.716. The fourth-order valence-electron chi connectivity index (χ4n) is 3.44. The van der Waals surface area contributed by atoms with Crippen LogP contribution in [0.1, 0.15) is 17.5 Å². The van der Waals surface area contributed by atoms with Gasteiger partial charge in [0.2, 0.25) is 0 Å². The summed E-state index contributed by atoms with van der Waals surface area (Å²) in [6.07, 6.45) is 8.71. The molecule has 0 atom stereocenters. The molecule has 0 saturated carbocycles. The molecular formula is C21H22N4. The van der Waals surface area contributed by atoms with Gasteiger partial charge in [-0.1, -0.05) is 24.3 Å². The Hall–Kier alpha value is -2.88. The van der Waals surface area contributed by atoms with Gasteiger partial charge >= 0.3 is 0 Å². The molecule has 0 bridgehead atoms. The Balaban J connectivity index is 1.62. The summed E-state index contributed by atoms with van der Waals surface area (Å²) in [6.45, 7) is 3.89. The van der Waals surface area contributed by atoms with Crippen molar-refractivity contribution in [2.75, 3.05) is 22.9 Å². The summed E-state index contributed by atoms with van der Waals surface area (Å²) in [5, 5.41) is 0. The molecule has 0 spiro atoms. The lowest BCUT2D eigenvalue weighted by Crippen LogP contribution is -2.23. The van der Waals surface area contributed by atoms with Crippen LogP contribution in [0.3, 0.4) is 0 Å². The molecule has 3 heterocycles. The maximum Gasteiger partial charge on any atom is 0.0607 e. The molecule has 0 N–H and O–H groups in total. The fourth-order valence-corrected chi connectivity index (χ4v) is 3.44. The van der Waals surface area contributed by atoms with E-state index in [1.54, 1.807) is 0 Å². The standard InChI is InChI=1S/C21H22N4/c1-2-9-21-20(8-1)24(16-18-6-3-10-22-14-18)12-5-13-25(21)17-19-7-4-11-23-15-19/h1-4,6-11,14-15H,5,12-13,16-17H2. The van der Waals surface area contributed by atoms with Crippen LogP contribution in [0.5, 0.6) is 0 Å². The van der Waals surface area contributed by atoms with E-state index in [-0.39, 0.29) is 0 Å². The van der Waals surface area contributed by atoms with Crippen LogP contribution in [-0.2, 0) is 13.1 Å². The first-order valence-electron chi connectivity index (χ1n) is 8.77. The highest BCUT2D eigenvalue weighted by molar-refractivity contribution is 5.72. The minimum atomic E-state index is 0.894.